The summed E-state index contributed by atoms with van der Waals surface area (Å²) in [6.45, 7) is 4.10. The number of carbonyl (C=O) groups excluding carboxylic acids is 2. The minimum Gasteiger partial charge on any atom is -0.494 e. The van der Waals surface area contributed by atoms with Crippen LogP contribution >= 0.6 is 0 Å². The highest BCUT2D eigenvalue weighted by molar-refractivity contribution is 5.97. The van der Waals surface area contributed by atoms with E-state index in [1.165, 1.54) is 0 Å². The summed E-state index contributed by atoms with van der Waals surface area (Å²) in [5, 5.41) is 0. The van der Waals surface area contributed by atoms with E-state index in [-0.39, 0.29) is 5.91 Å². The highest BCUT2D eigenvalue weighted by atomic mass is 16.5. The zero-order valence-corrected chi connectivity index (χ0v) is 17.6. The molecule has 0 bridgehead atoms. The summed E-state index contributed by atoms with van der Waals surface area (Å²) in [6.07, 6.45) is -0.173. The lowest BCUT2D eigenvalue weighted by atomic mass is 9.99. The molecule has 3 aromatic rings. The molecule has 0 radical (unpaired) electrons. The Morgan fingerprint density at radius 3 is 2.19 bits per heavy atom. The molecule has 6 nitrogen and oxygen atoms in total. The Labute approximate surface area is 182 Å². The number of carbonyl (C=O) groups is 2. The average molecular weight is 418 g/mol. The molecule has 31 heavy (non-hydrogen) atoms. The van der Waals surface area contributed by atoms with Gasteiger partial charge in [-0.15, -0.1) is 0 Å². The molecule has 0 saturated heterocycles. The van der Waals surface area contributed by atoms with Crippen LogP contribution in [0.5, 0.6) is 11.5 Å². The molecule has 0 aliphatic rings. The largest absolute Gasteiger partial charge is 0.494 e. The number of benzene rings is 3. The molecular formula is C25H26N2O4. The van der Waals surface area contributed by atoms with Gasteiger partial charge in [-0.3, -0.25) is 20.4 Å². The maximum absolute atomic E-state index is 12.7. The molecule has 0 spiro atoms. The zero-order chi connectivity index (χ0) is 22.1. The second-order valence-electron chi connectivity index (χ2n) is 6.93. The smallest absolute Gasteiger partial charge is 0.279 e. The van der Waals surface area contributed by atoms with Crippen molar-refractivity contribution >= 4 is 11.8 Å². The Hall–Kier alpha value is -3.80. The van der Waals surface area contributed by atoms with Crippen molar-refractivity contribution in [2.24, 2.45) is 0 Å². The fraction of sp³-hybridized carbons (Fsp3) is 0.200. The predicted octanol–water partition coefficient (Wildman–Crippen LogP) is 3.90. The van der Waals surface area contributed by atoms with Crippen molar-refractivity contribution in [1.29, 1.82) is 0 Å². The van der Waals surface area contributed by atoms with Gasteiger partial charge in [0.05, 0.1) is 6.61 Å². The molecule has 3 aromatic carbocycles. The Balaban J connectivity index is 1.56. The first-order valence-corrected chi connectivity index (χ1v) is 10.2. The normalized spacial score (nSPS) is 11.3. The number of hydrogen-bond donors (Lipinski definition) is 2. The summed E-state index contributed by atoms with van der Waals surface area (Å²) in [7, 11) is 0. The predicted molar refractivity (Wildman–Crippen MR) is 119 cm³/mol. The molecule has 2 amide bonds. The average Bonchev–Trinajstić information content (AvgIpc) is 2.79. The minimum atomic E-state index is -0.794. The van der Waals surface area contributed by atoms with Crippen LogP contribution in [-0.2, 0) is 11.2 Å². The van der Waals surface area contributed by atoms with Crippen molar-refractivity contribution in [3.8, 4) is 11.5 Å². The molecule has 2 N–H and O–H groups in total. The summed E-state index contributed by atoms with van der Waals surface area (Å²) in [5.41, 5.74) is 7.40. The van der Waals surface area contributed by atoms with E-state index >= 15 is 0 Å². The van der Waals surface area contributed by atoms with E-state index in [0.717, 1.165) is 16.9 Å². The van der Waals surface area contributed by atoms with Gasteiger partial charge in [-0.25, -0.2) is 0 Å². The van der Waals surface area contributed by atoms with Crippen LogP contribution in [0.3, 0.4) is 0 Å². The highest BCUT2D eigenvalue weighted by Crippen LogP contribution is 2.18. The van der Waals surface area contributed by atoms with Gasteiger partial charge in [0.25, 0.3) is 11.8 Å². The molecule has 160 valence electrons. The number of hydrogen-bond acceptors (Lipinski definition) is 4. The van der Waals surface area contributed by atoms with Crippen LogP contribution in [0.1, 0.15) is 35.3 Å². The fourth-order valence-electron chi connectivity index (χ4n) is 3.04. The fourth-order valence-corrected chi connectivity index (χ4v) is 3.04. The van der Waals surface area contributed by atoms with Crippen LogP contribution in [0.25, 0.3) is 0 Å². The van der Waals surface area contributed by atoms with Gasteiger partial charge in [-0.1, -0.05) is 48.5 Å². The third-order valence-electron chi connectivity index (χ3n) is 4.62. The van der Waals surface area contributed by atoms with E-state index in [0.29, 0.717) is 24.3 Å². The van der Waals surface area contributed by atoms with Crippen molar-refractivity contribution in [2.75, 3.05) is 6.61 Å². The summed E-state index contributed by atoms with van der Waals surface area (Å²) in [6, 6.07) is 24.2. The van der Waals surface area contributed by atoms with Crippen LogP contribution < -0.4 is 20.3 Å². The second-order valence-corrected chi connectivity index (χ2v) is 6.93. The van der Waals surface area contributed by atoms with Crippen LogP contribution in [0.4, 0.5) is 0 Å². The third kappa shape index (κ3) is 6.34. The van der Waals surface area contributed by atoms with Gasteiger partial charge >= 0.3 is 0 Å². The van der Waals surface area contributed by atoms with Gasteiger partial charge in [-0.2, -0.15) is 0 Å². The van der Waals surface area contributed by atoms with E-state index < -0.39 is 12.0 Å². The first-order chi connectivity index (χ1) is 15.1. The van der Waals surface area contributed by atoms with Gasteiger partial charge in [0.15, 0.2) is 6.10 Å². The number of amides is 2. The Bertz CT molecular complexity index is 1000. The van der Waals surface area contributed by atoms with Crippen LogP contribution in [-0.4, -0.2) is 24.5 Å². The Morgan fingerprint density at radius 1 is 0.839 bits per heavy atom. The van der Waals surface area contributed by atoms with Crippen molar-refractivity contribution in [3.05, 3.63) is 95.6 Å². The van der Waals surface area contributed by atoms with E-state index in [2.05, 4.69) is 10.9 Å². The van der Waals surface area contributed by atoms with Crippen LogP contribution in [0.15, 0.2) is 78.9 Å². The van der Waals surface area contributed by atoms with E-state index in [9.17, 15) is 9.59 Å². The lowest BCUT2D eigenvalue weighted by Crippen LogP contribution is -2.47. The third-order valence-corrected chi connectivity index (χ3v) is 4.62. The standard InChI is InChI=1S/C25H26N2O4/c1-3-30-21-13-15-22(16-14-21)31-18(2)24(28)26-27-25(29)23-12-8-7-11-20(23)17-19-9-5-4-6-10-19/h4-16,18H,3,17H2,1-2H3,(H,26,28)(H,27,29). The molecule has 0 fully saturated rings. The topological polar surface area (TPSA) is 76.7 Å². The molecular weight excluding hydrogens is 392 g/mol. The van der Waals surface area contributed by atoms with Gasteiger partial charge in [0.1, 0.15) is 11.5 Å². The minimum absolute atomic E-state index is 0.381. The number of hydrazine groups is 1. The second kappa shape index (κ2) is 10.8. The molecule has 0 aliphatic carbocycles. The molecule has 0 saturated carbocycles. The maximum atomic E-state index is 12.7. The Morgan fingerprint density at radius 2 is 1.48 bits per heavy atom. The van der Waals surface area contributed by atoms with Gasteiger partial charge in [-0.05, 0) is 61.7 Å². The van der Waals surface area contributed by atoms with Crippen molar-refractivity contribution in [2.45, 2.75) is 26.4 Å². The van der Waals surface area contributed by atoms with Gasteiger partial charge < -0.3 is 9.47 Å². The van der Waals surface area contributed by atoms with E-state index in [4.69, 9.17) is 9.47 Å². The lowest BCUT2D eigenvalue weighted by molar-refractivity contribution is -0.128. The summed E-state index contributed by atoms with van der Waals surface area (Å²) in [4.78, 5) is 25.0. The number of nitrogens with one attached hydrogen (secondary N) is 2. The molecule has 0 heterocycles. The molecule has 0 aromatic heterocycles. The zero-order valence-electron chi connectivity index (χ0n) is 17.6. The van der Waals surface area contributed by atoms with Gasteiger partial charge in [0.2, 0.25) is 0 Å². The van der Waals surface area contributed by atoms with Crippen molar-refractivity contribution in [1.82, 2.24) is 10.9 Å². The monoisotopic (exact) mass is 418 g/mol. The van der Waals surface area contributed by atoms with E-state index in [1.807, 2.05) is 49.4 Å². The van der Waals surface area contributed by atoms with Gasteiger partial charge in [0, 0.05) is 5.56 Å². The molecule has 3 rings (SSSR count). The number of ether oxygens (including phenoxy) is 2. The SMILES string of the molecule is CCOc1ccc(OC(C)C(=O)NNC(=O)c2ccccc2Cc2ccccc2)cc1. The molecule has 1 unspecified atom stereocenters. The summed E-state index contributed by atoms with van der Waals surface area (Å²) in [5.74, 6) is 0.426. The Kier molecular flexibility index (Phi) is 7.65. The van der Waals surface area contributed by atoms with Crippen LogP contribution in [0.2, 0.25) is 0 Å². The maximum Gasteiger partial charge on any atom is 0.279 e. The number of rotatable bonds is 8. The van der Waals surface area contributed by atoms with Crippen molar-refractivity contribution < 1.29 is 19.1 Å². The molecule has 1 atom stereocenters. The first kappa shape index (κ1) is 21.9. The lowest BCUT2D eigenvalue weighted by Gasteiger charge is -2.16. The first-order valence-electron chi connectivity index (χ1n) is 10.2. The summed E-state index contributed by atoms with van der Waals surface area (Å²) < 4.78 is 11.0. The molecule has 0 aliphatic heterocycles. The highest BCUT2D eigenvalue weighted by Gasteiger charge is 2.17. The summed E-state index contributed by atoms with van der Waals surface area (Å²) >= 11 is 0. The molecule has 6 heteroatoms. The van der Waals surface area contributed by atoms with E-state index in [1.54, 1.807) is 43.3 Å². The van der Waals surface area contributed by atoms with Crippen molar-refractivity contribution in [3.63, 3.8) is 0 Å². The quantitative estimate of drug-likeness (QED) is 0.544. The van der Waals surface area contributed by atoms with Crippen LogP contribution in [0, 0.1) is 0 Å².